The van der Waals surface area contributed by atoms with Gasteiger partial charge in [-0.1, -0.05) is 6.92 Å². The van der Waals surface area contributed by atoms with Crippen molar-refractivity contribution in [2.75, 3.05) is 19.6 Å². The third kappa shape index (κ3) is 1.82. The van der Waals surface area contributed by atoms with Crippen molar-refractivity contribution in [1.29, 1.82) is 0 Å². The van der Waals surface area contributed by atoms with E-state index in [0.717, 1.165) is 18.4 Å². The zero-order valence-corrected chi connectivity index (χ0v) is 9.63. The number of rotatable bonds is 3. The second-order valence-corrected chi connectivity index (χ2v) is 5.53. The molecule has 1 aliphatic heterocycles. The molecule has 2 fully saturated rings. The molecule has 2 rings (SSSR count). The van der Waals surface area contributed by atoms with E-state index in [4.69, 9.17) is 5.73 Å². The van der Waals surface area contributed by atoms with Crippen molar-refractivity contribution in [3.05, 3.63) is 0 Å². The van der Waals surface area contributed by atoms with E-state index in [2.05, 4.69) is 18.7 Å². The predicted octanol–water partition coefficient (Wildman–Crippen LogP) is 1.85. The number of piperidine rings is 1. The van der Waals surface area contributed by atoms with Crippen molar-refractivity contribution >= 4 is 0 Å². The standard InChI is InChI=1S/C12H24N2/c1-10-4-3-7-14(8-10)12(2,9-13)11-5-6-11/h10-11H,3-9,13H2,1-2H3. The molecule has 0 aromatic heterocycles. The third-order valence-corrected chi connectivity index (χ3v) is 4.25. The molecule has 0 spiro atoms. The monoisotopic (exact) mass is 196 g/mol. The highest BCUT2D eigenvalue weighted by Gasteiger charge is 2.45. The Hall–Kier alpha value is -0.0800. The van der Waals surface area contributed by atoms with Gasteiger partial charge in [0.05, 0.1) is 0 Å². The van der Waals surface area contributed by atoms with Gasteiger partial charge in [0.15, 0.2) is 0 Å². The molecule has 2 atom stereocenters. The van der Waals surface area contributed by atoms with Gasteiger partial charge in [0.1, 0.15) is 0 Å². The van der Waals surface area contributed by atoms with Crippen LogP contribution in [-0.2, 0) is 0 Å². The van der Waals surface area contributed by atoms with Crippen LogP contribution < -0.4 is 5.73 Å². The topological polar surface area (TPSA) is 29.3 Å². The molecule has 2 nitrogen and oxygen atoms in total. The number of nitrogens with zero attached hydrogens (tertiary/aromatic N) is 1. The van der Waals surface area contributed by atoms with Crippen molar-refractivity contribution in [3.8, 4) is 0 Å². The highest BCUT2D eigenvalue weighted by molar-refractivity contribution is 5.01. The van der Waals surface area contributed by atoms with E-state index in [1.165, 1.54) is 38.8 Å². The van der Waals surface area contributed by atoms with E-state index in [9.17, 15) is 0 Å². The number of nitrogens with two attached hydrogens (primary N) is 1. The minimum atomic E-state index is 0.314. The summed E-state index contributed by atoms with van der Waals surface area (Å²) in [7, 11) is 0. The fraction of sp³-hybridized carbons (Fsp3) is 1.00. The zero-order valence-electron chi connectivity index (χ0n) is 9.63. The van der Waals surface area contributed by atoms with Gasteiger partial charge in [0, 0.05) is 18.6 Å². The SMILES string of the molecule is CC1CCCN(C(C)(CN)C2CC2)C1. The second-order valence-electron chi connectivity index (χ2n) is 5.53. The van der Waals surface area contributed by atoms with Crippen LogP contribution in [0.2, 0.25) is 0 Å². The maximum absolute atomic E-state index is 5.98. The molecule has 2 aliphatic rings. The molecule has 82 valence electrons. The van der Waals surface area contributed by atoms with E-state index in [-0.39, 0.29) is 0 Å². The summed E-state index contributed by atoms with van der Waals surface area (Å²) in [6.45, 7) is 8.13. The first-order valence-electron chi connectivity index (χ1n) is 6.12. The molecule has 1 saturated heterocycles. The van der Waals surface area contributed by atoms with Crippen LogP contribution in [0, 0.1) is 11.8 Å². The van der Waals surface area contributed by atoms with Gasteiger partial charge >= 0.3 is 0 Å². The molecule has 0 aromatic rings. The average Bonchev–Trinajstić information content (AvgIpc) is 3.00. The summed E-state index contributed by atoms with van der Waals surface area (Å²) in [5.74, 6) is 1.76. The van der Waals surface area contributed by atoms with Crippen molar-refractivity contribution in [3.63, 3.8) is 0 Å². The summed E-state index contributed by atoms with van der Waals surface area (Å²) in [4.78, 5) is 2.67. The second kappa shape index (κ2) is 3.82. The summed E-state index contributed by atoms with van der Waals surface area (Å²) >= 11 is 0. The van der Waals surface area contributed by atoms with Gasteiger partial charge in [-0.15, -0.1) is 0 Å². The summed E-state index contributed by atoms with van der Waals surface area (Å²) in [6.07, 6.45) is 5.57. The van der Waals surface area contributed by atoms with E-state index < -0.39 is 0 Å². The Bertz CT molecular complexity index is 200. The Balaban J connectivity index is 2.02. The minimum Gasteiger partial charge on any atom is -0.329 e. The van der Waals surface area contributed by atoms with Crippen LogP contribution in [0.4, 0.5) is 0 Å². The van der Waals surface area contributed by atoms with Gasteiger partial charge < -0.3 is 5.73 Å². The Morgan fingerprint density at radius 1 is 1.36 bits per heavy atom. The molecule has 1 saturated carbocycles. The Kier molecular flexibility index (Phi) is 2.85. The lowest BCUT2D eigenvalue weighted by molar-refractivity contribution is 0.0481. The fourth-order valence-corrected chi connectivity index (χ4v) is 2.91. The van der Waals surface area contributed by atoms with Crippen molar-refractivity contribution in [1.82, 2.24) is 4.90 Å². The lowest BCUT2D eigenvalue weighted by Gasteiger charge is -2.45. The van der Waals surface area contributed by atoms with Crippen molar-refractivity contribution in [2.45, 2.75) is 45.1 Å². The van der Waals surface area contributed by atoms with Gasteiger partial charge in [0.2, 0.25) is 0 Å². The zero-order chi connectivity index (χ0) is 10.2. The lowest BCUT2D eigenvalue weighted by Crippen LogP contribution is -2.56. The first-order chi connectivity index (χ1) is 6.66. The van der Waals surface area contributed by atoms with Crippen LogP contribution in [0.25, 0.3) is 0 Å². The first kappa shape index (κ1) is 10.4. The Morgan fingerprint density at radius 2 is 2.07 bits per heavy atom. The smallest absolute Gasteiger partial charge is 0.0331 e. The summed E-state index contributed by atoms with van der Waals surface area (Å²) in [6, 6.07) is 0. The molecule has 0 bridgehead atoms. The molecule has 2 heteroatoms. The van der Waals surface area contributed by atoms with Crippen LogP contribution in [-0.4, -0.2) is 30.1 Å². The highest BCUT2D eigenvalue weighted by Crippen LogP contribution is 2.43. The van der Waals surface area contributed by atoms with E-state index in [0.29, 0.717) is 5.54 Å². The Labute approximate surface area is 87.8 Å². The predicted molar refractivity (Wildman–Crippen MR) is 60.2 cm³/mol. The van der Waals surface area contributed by atoms with Gasteiger partial charge in [-0.25, -0.2) is 0 Å². The van der Waals surface area contributed by atoms with Crippen LogP contribution in [0.15, 0.2) is 0 Å². The molecule has 14 heavy (non-hydrogen) atoms. The van der Waals surface area contributed by atoms with Crippen LogP contribution in [0.1, 0.15) is 39.5 Å². The fourth-order valence-electron chi connectivity index (χ4n) is 2.91. The largest absolute Gasteiger partial charge is 0.329 e. The summed E-state index contributed by atoms with van der Waals surface area (Å²) in [5, 5.41) is 0. The molecule has 0 amide bonds. The quantitative estimate of drug-likeness (QED) is 0.746. The molecule has 1 heterocycles. The maximum atomic E-state index is 5.98. The molecular formula is C12H24N2. The summed E-state index contributed by atoms with van der Waals surface area (Å²) < 4.78 is 0. The first-order valence-corrected chi connectivity index (χ1v) is 6.12. The molecule has 1 aliphatic carbocycles. The molecule has 2 unspecified atom stereocenters. The molecule has 0 radical (unpaired) electrons. The normalized spacial score (nSPS) is 34.1. The van der Waals surface area contributed by atoms with Crippen LogP contribution >= 0.6 is 0 Å². The molecular weight excluding hydrogens is 172 g/mol. The maximum Gasteiger partial charge on any atom is 0.0331 e. The Morgan fingerprint density at radius 3 is 2.57 bits per heavy atom. The molecule has 0 aromatic carbocycles. The number of likely N-dealkylation sites (tertiary alicyclic amines) is 1. The summed E-state index contributed by atoms with van der Waals surface area (Å²) in [5.41, 5.74) is 6.30. The minimum absolute atomic E-state index is 0.314. The van der Waals surface area contributed by atoms with Crippen LogP contribution in [0.5, 0.6) is 0 Å². The average molecular weight is 196 g/mol. The van der Waals surface area contributed by atoms with Gasteiger partial charge in [0.25, 0.3) is 0 Å². The van der Waals surface area contributed by atoms with Crippen LogP contribution in [0.3, 0.4) is 0 Å². The van der Waals surface area contributed by atoms with E-state index in [1.54, 1.807) is 0 Å². The highest BCUT2D eigenvalue weighted by atomic mass is 15.2. The number of hydrogen-bond acceptors (Lipinski definition) is 2. The number of hydrogen-bond donors (Lipinski definition) is 1. The lowest BCUT2D eigenvalue weighted by atomic mass is 9.88. The molecule has 2 N–H and O–H groups in total. The van der Waals surface area contributed by atoms with Gasteiger partial charge in [-0.05, 0) is 51.0 Å². The van der Waals surface area contributed by atoms with E-state index in [1.807, 2.05) is 0 Å². The van der Waals surface area contributed by atoms with E-state index >= 15 is 0 Å². The van der Waals surface area contributed by atoms with Gasteiger partial charge in [-0.3, -0.25) is 4.90 Å². The van der Waals surface area contributed by atoms with Gasteiger partial charge in [-0.2, -0.15) is 0 Å². The van der Waals surface area contributed by atoms with Crippen molar-refractivity contribution < 1.29 is 0 Å². The van der Waals surface area contributed by atoms with Crippen molar-refractivity contribution in [2.24, 2.45) is 17.6 Å². The third-order valence-electron chi connectivity index (χ3n) is 4.25.